The van der Waals surface area contributed by atoms with Crippen LogP contribution in [0.3, 0.4) is 0 Å². The molecular weight excluding hydrogens is 247 g/mol. The Morgan fingerprint density at radius 1 is 0.643 bits per heavy atom. The van der Waals surface area contributed by atoms with Gasteiger partial charge in [-0.25, -0.2) is 0 Å². The van der Waals surface area contributed by atoms with E-state index in [1.807, 2.05) is 0 Å². The van der Waals surface area contributed by atoms with Crippen molar-refractivity contribution in [1.29, 1.82) is 0 Å². The van der Waals surface area contributed by atoms with E-state index in [1.54, 1.807) is 5.92 Å². The third kappa shape index (κ3) is 11.0. The molecule has 0 bridgehead atoms. The normalized spacial score (nSPS) is 11.6. The third-order valence-corrected chi connectivity index (χ3v) is 2.09. The molecule has 0 aromatic heterocycles. The maximum Gasteiger partial charge on any atom is 0 e. The summed E-state index contributed by atoms with van der Waals surface area (Å²) in [6.45, 7) is 13.9. The summed E-state index contributed by atoms with van der Waals surface area (Å²) in [7, 11) is 0. The van der Waals surface area contributed by atoms with Crippen molar-refractivity contribution in [2.75, 3.05) is 0 Å². The van der Waals surface area contributed by atoms with Crippen LogP contribution < -0.4 is 0 Å². The predicted molar refractivity (Wildman–Crippen MR) is 61.6 cm³/mol. The largest absolute Gasteiger partial charge is 0.313 e. The van der Waals surface area contributed by atoms with E-state index in [0.717, 1.165) is 17.8 Å². The zero-order chi connectivity index (χ0) is 10.4. The zero-order valence-electron chi connectivity index (χ0n) is 10.9. The molecule has 0 aliphatic rings. The van der Waals surface area contributed by atoms with Crippen LogP contribution in [0.2, 0.25) is 0 Å². The van der Waals surface area contributed by atoms with Gasteiger partial charge in [0.05, 0.1) is 0 Å². The Hall–Kier alpha value is 0.883. The Morgan fingerprint density at radius 3 is 1.00 bits per heavy atom. The van der Waals surface area contributed by atoms with Gasteiger partial charge in [-0.2, -0.15) is 19.3 Å². The van der Waals surface area contributed by atoms with Crippen LogP contribution in [0.25, 0.3) is 0 Å². The third-order valence-electron chi connectivity index (χ3n) is 2.09. The Labute approximate surface area is 110 Å². The second-order valence-electron chi connectivity index (χ2n) is 5.54. The summed E-state index contributed by atoms with van der Waals surface area (Å²) in [4.78, 5) is 0. The molecule has 0 aliphatic carbocycles. The summed E-state index contributed by atoms with van der Waals surface area (Å²) in [5.74, 6) is 4.26. The minimum Gasteiger partial charge on any atom is -0.313 e. The smallest absolute Gasteiger partial charge is 0 e. The molecule has 0 atom stereocenters. The van der Waals surface area contributed by atoms with Crippen LogP contribution in [0.4, 0.5) is 0 Å². The van der Waals surface area contributed by atoms with E-state index in [1.165, 1.54) is 19.3 Å². The van der Waals surface area contributed by atoms with Crippen LogP contribution in [0.1, 0.15) is 60.8 Å². The molecule has 84 valence electrons. The minimum atomic E-state index is 0. The van der Waals surface area contributed by atoms with E-state index in [9.17, 15) is 0 Å². The second-order valence-corrected chi connectivity index (χ2v) is 5.54. The Balaban J connectivity index is 0. The fourth-order valence-corrected chi connectivity index (χ4v) is 1.98. The quantitative estimate of drug-likeness (QED) is 0.616. The van der Waals surface area contributed by atoms with Crippen molar-refractivity contribution >= 4 is 0 Å². The van der Waals surface area contributed by atoms with E-state index in [0.29, 0.717) is 0 Å². The maximum absolute atomic E-state index is 2.32. The molecule has 0 aromatic carbocycles. The van der Waals surface area contributed by atoms with Crippen LogP contribution in [0, 0.1) is 23.7 Å². The summed E-state index contributed by atoms with van der Waals surface area (Å²) in [5.41, 5.74) is 0. The topological polar surface area (TPSA) is 0 Å². The number of hydrogen-bond acceptors (Lipinski definition) is 0. The zero-order valence-corrected chi connectivity index (χ0v) is 13.3. The number of hydrogen-bond donors (Lipinski definition) is 0. The first-order chi connectivity index (χ1) is 5.91. The van der Waals surface area contributed by atoms with Crippen molar-refractivity contribution in [3.05, 3.63) is 5.92 Å². The van der Waals surface area contributed by atoms with Crippen LogP contribution in [-0.2, 0) is 26.2 Å². The molecule has 1 heteroatoms. The Bertz CT molecular complexity index is 92.6. The molecule has 0 unspecified atom stereocenters. The summed E-state index contributed by atoms with van der Waals surface area (Å²) < 4.78 is 0. The molecule has 0 amide bonds. The average Bonchev–Trinajstić information content (AvgIpc) is 1.80. The van der Waals surface area contributed by atoms with E-state index in [4.69, 9.17) is 0 Å². The maximum atomic E-state index is 2.32. The molecule has 0 aliphatic heterocycles. The molecule has 0 saturated heterocycles. The molecular formula is C13H27Zr-. The van der Waals surface area contributed by atoms with Crippen LogP contribution in [0.5, 0.6) is 0 Å². The minimum absolute atomic E-state index is 0. The van der Waals surface area contributed by atoms with Crippen LogP contribution >= 0.6 is 0 Å². The van der Waals surface area contributed by atoms with Gasteiger partial charge >= 0.3 is 0 Å². The molecule has 0 nitrogen and oxygen atoms in total. The molecule has 14 heavy (non-hydrogen) atoms. The first kappa shape index (κ1) is 17.3. The Morgan fingerprint density at radius 2 is 0.857 bits per heavy atom. The van der Waals surface area contributed by atoms with Gasteiger partial charge < -0.3 is 5.92 Å². The second kappa shape index (κ2) is 9.13. The van der Waals surface area contributed by atoms with Crippen LogP contribution in [0.15, 0.2) is 0 Å². The van der Waals surface area contributed by atoms with E-state index in [-0.39, 0.29) is 26.2 Å². The molecule has 0 radical (unpaired) electrons. The van der Waals surface area contributed by atoms with Gasteiger partial charge in [0.2, 0.25) is 0 Å². The Kier molecular flexibility index (Phi) is 11.3. The van der Waals surface area contributed by atoms with Gasteiger partial charge in [-0.1, -0.05) is 59.3 Å². The SMILES string of the molecule is CC(C)C[C-](CC(C)C)CC(C)C.[Zr]. The van der Waals surface area contributed by atoms with Crippen molar-refractivity contribution in [2.24, 2.45) is 17.8 Å². The van der Waals surface area contributed by atoms with Gasteiger partial charge in [-0.05, 0) is 0 Å². The standard InChI is InChI=1S/C13H27.Zr/c1-10(2)7-13(8-11(3)4)9-12(5)6;/h10-12H,7-9H2,1-6H3;/q-1;. The fourth-order valence-electron chi connectivity index (χ4n) is 1.98. The number of rotatable bonds is 6. The first-order valence-corrected chi connectivity index (χ1v) is 5.75. The van der Waals surface area contributed by atoms with Gasteiger partial charge in [-0.3, -0.25) is 0 Å². The van der Waals surface area contributed by atoms with E-state index in [2.05, 4.69) is 41.5 Å². The molecule has 0 fully saturated rings. The summed E-state index contributed by atoms with van der Waals surface area (Å²) >= 11 is 0. The summed E-state index contributed by atoms with van der Waals surface area (Å²) in [6, 6.07) is 0. The van der Waals surface area contributed by atoms with Gasteiger partial charge in [-0.15, -0.1) is 0 Å². The van der Waals surface area contributed by atoms with Gasteiger partial charge in [0.1, 0.15) is 0 Å². The molecule has 0 N–H and O–H groups in total. The molecule has 0 heterocycles. The van der Waals surface area contributed by atoms with E-state index >= 15 is 0 Å². The summed E-state index contributed by atoms with van der Waals surface area (Å²) in [5, 5.41) is 0. The molecule has 0 saturated carbocycles. The van der Waals surface area contributed by atoms with Crippen LogP contribution in [-0.4, -0.2) is 0 Å². The molecule has 0 rings (SSSR count). The van der Waals surface area contributed by atoms with Crippen molar-refractivity contribution < 1.29 is 26.2 Å². The van der Waals surface area contributed by atoms with Gasteiger partial charge in [0, 0.05) is 26.2 Å². The monoisotopic (exact) mass is 273 g/mol. The van der Waals surface area contributed by atoms with Gasteiger partial charge in [0.25, 0.3) is 0 Å². The summed E-state index contributed by atoms with van der Waals surface area (Å²) in [6.07, 6.45) is 3.99. The van der Waals surface area contributed by atoms with Crippen molar-refractivity contribution in [1.82, 2.24) is 0 Å². The van der Waals surface area contributed by atoms with Crippen molar-refractivity contribution in [3.63, 3.8) is 0 Å². The average molecular weight is 275 g/mol. The fraction of sp³-hybridized carbons (Fsp3) is 0.923. The van der Waals surface area contributed by atoms with Gasteiger partial charge in [0.15, 0.2) is 0 Å². The van der Waals surface area contributed by atoms with Crippen molar-refractivity contribution in [3.8, 4) is 0 Å². The van der Waals surface area contributed by atoms with E-state index < -0.39 is 0 Å². The molecule has 0 aromatic rings. The van der Waals surface area contributed by atoms with Crippen molar-refractivity contribution in [2.45, 2.75) is 60.8 Å². The predicted octanol–water partition coefficient (Wildman–Crippen LogP) is 4.70. The molecule has 0 spiro atoms. The first-order valence-electron chi connectivity index (χ1n) is 5.75.